The number of carboxylic acid groups (broad SMARTS) is 1. The molecule has 0 bridgehead atoms. The van der Waals surface area contributed by atoms with Gasteiger partial charge >= 0.3 is 5.97 Å². The number of carbonyl (C=O) groups is 2. The van der Waals surface area contributed by atoms with E-state index >= 15 is 0 Å². The number of fused-ring (bicyclic) bond motifs is 1. The van der Waals surface area contributed by atoms with Crippen molar-refractivity contribution in [3.8, 4) is 0 Å². The fourth-order valence-corrected chi connectivity index (χ4v) is 3.12. The normalized spacial score (nSPS) is 10.7. The number of hydrogen-bond acceptors (Lipinski definition) is 4. The Morgan fingerprint density at radius 1 is 0.964 bits per heavy atom. The van der Waals surface area contributed by atoms with Gasteiger partial charge in [-0.2, -0.15) is 10.2 Å². The van der Waals surface area contributed by atoms with Crippen LogP contribution in [0.4, 0.5) is 5.69 Å². The third-order valence-corrected chi connectivity index (χ3v) is 4.40. The summed E-state index contributed by atoms with van der Waals surface area (Å²) < 4.78 is 1.93. The van der Waals surface area contributed by atoms with Gasteiger partial charge in [0.1, 0.15) is 0 Å². The van der Waals surface area contributed by atoms with Crippen molar-refractivity contribution in [2.24, 2.45) is 0 Å². The molecule has 2 N–H and O–H groups in total. The fraction of sp³-hybridized carbons (Fsp3) is 0.0476. The zero-order chi connectivity index (χ0) is 19.5. The van der Waals surface area contributed by atoms with Crippen molar-refractivity contribution in [2.45, 2.75) is 6.54 Å². The van der Waals surface area contributed by atoms with Gasteiger partial charge < -0.3 is 15.0 Å². The topological polar surface area (TPSA) is 97.1 Å². The standard InChI is InChI=1S/C21H16N4O3/c26-20(23-18-9-3-1-8-16(18)21(27)28)17-13-25(12-14-6-5-11-22-24-14)19-10-4-2-7-15(17)19/h1-11,13H,12H2,(H,23,26)(H,27,28). The first-order chi connectivity index (χ1) is 13.6. The predicted molar refractivity (Wildman–Crippen MR) is 104 cm³/mol. The van der Waals surface area contributed by atoms with E-state index in [1.807, 2.05) is 41.0 Å². The number of carbonyl (C=O) groups excluding carboxylic acids is 1. The van der Waals surface area contributed by atoms with Gasteiger partial charge in [0.05, 0.1) is 29.1 Å². The number of nitrogens with one attached hydrogen (secondary N) is 1. The van der Waals surface area contributed by atoms with Gasteiger partial charge in [0.25, 0.3) is 5.91 Å². The molecule has 0 atom stereocenters. The molecule has 2 heterocycles. The van der Waals surface area contributed by atoms with Crippen LogP contribution in [0.3, 0.4) is 0 Å². The van der Waals surface area contributed by atoms with Gasteiger partial charge in [-0.15, -0.1) is 0 Å². The average Bonchev–Trinajstić information content (AvgIpc) is 3.08. The van der Waals surface area contributed by atoms with Gasteiger partial charge in [-0.05, 0) is 30.3 Å². The van der Waals surface area contributed by atoms with E-state index in [9.17, 15) is 14.7 Å². The van der Waals surface area contributed by atoms with E-state index in [0.29, 0.717) is 12.1 Å². The Kier molecular flexibility index (Phi) is 4.55. The average molecular weight is 372 g/mol. The molecule has 7 heteroatoms. The van der Waals surface area contributed by atoms with Crippen molar-refractivity contribution >= 4 is 28.5 Å². The number of anilines is 1. The highest BCUT2D eigenvalue weighted by Gasteiger charge is 2.18. The van der Waals surface area contributed by atoms with Crippen LogP contribution in [-0.4, -0.2) is 31.7 Å². The predicted octanol–water partition coefficient (Wildman–Crippen LogP) is 3.43. The van der Waals surface area contributed by atoms with Gasteiger partial charge in [-0.3, -0.25) is 4.79 Å². The van der Waals surface area contributed by atoms with Crippen LogP contribution in [0.25, 0.3) is 10.9 Å². The number of hydrogen-bond donors (Lipinski definition) is 2. The summed E-state index contributed by atoms with van der Waals surface area (Å²) in [6.45, 7) is 0.466. The molecule has 0 radical (unpaired) electrons. The first kappa shape index (κ1) is 17.4. The highest BCUT2D eigenvalue weighted by Crippen LogP contribution is 2.24. The second-order valence-electron chi connectivity index (χ2n) is 6.21. The molecule has 2 aromatic heterocycles. The molecule has 0 saturated carbocycles. The summed E-state index contributed by atoms with van der Waals surface area (Å²) in [6.07, 6.45) is 3.36. The molecular weight excluding hydrogens is 356 g/mol. The Bertz CT molecular complexity index is 1170. The Morgan fingerprint density at radius 2 is 1.75 bits per heavy atom. The molecule has 0 spiro atoms. The number of para-hydroxylation sites is 2. The van der Waals surface area contributed by atoms with E-state index in [1.54, 1.807) is 30.6 Å². The van der Waals surface area contributed by atoms with Crippen molar-refractivity contribution in [2.75, 3.05) is 5.32 Å². The molecule has 0 fully saturated rings. The second kappa shape index (κ2) is 7.32. The van der Waals surface area contributed by atoms with Crippen LogP contribution < -0.4 is 5.32 Å². The van der Waals surface area contributed by atoms with Crippen LogP contribution in [0.1, 0.15) is 26.4 Å². The maximum Gasteiger partial charge on any atom is 0.337 e. The van der Waals surface area contributed by atoms with Crippen molar-refractivity contribution in [3.63, 3.8) is 0 Å². The first-order valence-electron chi connectivity index (χ1n) is 8.61. The lowest BCUT2D eigenvalue weighted by atomic mass is 10.1. The fourth-order valence-electron chi connectivity index (χ4n) is 3.12. The van der Waals surface area contributed by atoms with Crippen molar-refractivity contribution in [1.82, 2.24) is 14.8 Å². The number of carboxylic acids is 1. The van der Waals surface area contributed by atoms with Crippen molar-refractivity contribution in [3.05, 3.63) is 89.9 Å². The number of rotatable bonds is 5. The van der Waals surface area contributed by atoms with Gasteiger partial charge in [-0.25, -0.2) is 4.79 Å². The number of aromatic carboxylic acids is 1. The third kappa shape index (κ3) is 3.33. The zero-order valence-corrected chi connectivity index (χ0v) is 14.7. The number of nitrogens with zero attached hydrogens (tertiary/aromatic N) is 3. The van der Waals surface area contributed by atoms with Gasteiger partial charge in [0, 0.05) is 23.3 Å². The number of aromatic nitrogens is 3. The SMILES string of the molecule is O=C(O)c1ccccc1NC(=O)c1cn(Cc2cccnn2)c2ccccc12. The molecule has 4 aromatic rings. The van der Waals surface area contributed by atoms with Gasteiger partial charge in [-0.1, -0.05) is 30.3 Å². The quantitative estimate of drug-likeness (QED) is 0.559. The minimum atomic E-state index is -1.10. The Hall–Kier alpha value is -4.00. The van der Waals surface area contributed by atoms with Crippen LogP contribution in [0, 0.1) is 0 Å². The highest BCUT2D eigenvalue weighted by atomic mass is 16.4. The minimum Gasteiger partial charge on any atom is -0.478 e. The molecule has 0 unspecified atom stereocenters. The number of amides is 1. The Labute approximate surface area is 160 Å². The van der Waals surface area contributed by atoms with E-state index < -0.39 is 5.97 Å². The van der Waals surface area contributed by atoms with Crippen LogP contribution in [0.2, 0.25) is 0 Å². The Balaban J connectivity index is 1.71. The largest absolute Gasteiger partial charge is 0.478 e. The second-order valence-corrected chi connectivity index (χ2v) is 6.21. The lowest BCUT2D eigenvalue weighted by molar-refractivity contribution is 0.0698. The molecule has 2 aromatic carbocycles. The monoisotopic (exact) mass is 372 g/mol. The van der Waals surface area contributed by atoms with E-state index in [1.165, 1.54) is 6.07 Å². The van der Waals surface area contributed by atoms with E-state index in [4.69, 9.17) is 0 Å². The molecule has 4 rings (SSSR count). The first-order valence-corrected chi connectivity index (χ1v) is 8.61. The minimum absolute atomic E-state index is 0.0409. The van der Waals surface area contributed by atoms with Crippen LogP contribution in [-0.2, 0) is 6.54 Å². The van der Waals surface area contributed by atoms with E-state index in [-0.39, 0.29) is 17.2 Å². The van der Waals surface area contributed by atoms with E-state index in [0.717, 1.165) is 16.6 Å². The maximum atomic E-state index is 12.9. The summed E-state index contributed by atoms with van der Waals surface area (Å²) in [5.74, 6) is -1.47. The molecule has 138 valence electrons. The molecule has 7 nitrogen and oxygen atoms in total. The molecule has 28 heavy (non-hydrogen) atoms. The van der Waals surface area contributed by atoms with E-state index in [2.05, 4.69) is 15.5 Å². The van der Waals surface area contributed by atoms with Crippen LogP contribution in [0.15, 0.2) is 73.1 Å². The molecule has 0 saturated heterocycles. The summed E-state index contributed by atoms with van der Waals surface area (Å²) in [7, 11) is 0. The summed E-state index contributed by atoms with van der Waals surface area (Å²) in [5, 5.41) is 20.8. The van der Waals surface area contributed by atoms with Gasteiger partial charge in [0.15, 0.2) is 0 Å². The molecular formula is C21H16N4O3. The maximum absolute atomic E-state index is 12.9. The van der Waals surface area contributed by atoms with Gasteiger partial charge in [0.2, 0.25) is 0 Å². The van der Waals surface area contributed by atoms with Crippen molar-refractivity contribution in [1.29, 1.82) is 0 Å². The molecule has 0 aliphatic heterocycles. The molecule has 0 aliphatic rings. The highest BCUT2D eigenvalue weighted by molar-refractivity contribution is 6.14. The van der Waals surface area contributed by atoms with Crippen LogP contribution >= 0.6 is 0 Å². The lowest BCUT2D eigenvalue weighted by Crippen LogP contribution is -2.14. The molecule has 1 amide bonds. The lowest BCUT2D eigenvalue weighted by Gasteiger charge is -2.07. The summed E-state index contributed by atoms with van der Waals surface area (Å²) in [4.78, 5) is 24.3. The zero-order valence-electron chi connectivity index (χ0n) is 14.7. The van der Waals surface area contributed by atoms with Crippen LogP contribution in [0.5, 0.6) is 0 Å². The Morgan fingerprint density at radius 3 is 2.54 bits per heavy atom. The summed E-state index contributed by atoms with van der Waals surface area (Å²) in [6, 6.07) is 17.5. The summed E-state index contributed by atoms with van der Waals surface area (Å²) >= 11 is 0. The van der Waals surface area contributed by atoms with Crippen molar-refractivity contribution < 1.29 is 14.7 Å². The molecule has 0 aliphatic carbocycles. The smallest absolute Gasteiger partial charge is 0.337 e. The number of benzene rings is 2. The third-order valence-electron chi connectivity index (χ3n) is 4.40. The summed E-state index contributed by atoms with van der Waals surface area (Å²) in [5.41, 5.74) is 2.40.